The van der Waals surface area contributed by atoms with E-state index in [1.807, 2.05) is 0 Å². The highest BCUT2D eigenvalue weighted by molar-refractivity contribution is 5.82. The molecule has 0 amide bonds. The Labute approximate surface area is 114 Å². The number of nitrogens with one attached hydrogen (secondary N) is 2. The SMILES string of the molecule is c1ncc(CNc2ncnc3[nH]c(C4CC4)nc23)cn1. The van der Waals surface area contributed by atoms with E-state index < -0.39 is 0 Å². The lowest BCUT2D eigenvalue weighted by Crippen LogP contribution is -2.03. The molecule has 1 saturated carbocycles. The highest BCUT2D eigenvalue weighted by Crippen LogP contribution is 2.39. The van der Waals surface area contributed by atoms with Gasteiger partial charge in [-0.25, -0.2) is 24.9 Å². The van der Waals surface area contributed by atoms with E-state index >= 15 is 0 Å². The average molecular weight is 267 g/mol. The van der Waals surface area contributed by atoms with Gasteiger partial charge in [-0.1, -0.05) is 0 Å². The Morgan fingerprint density at radius 2 is 2.00 bits per heavy atom. The van der Waals surface area contributed by atoms with Crippen LogP contribution < -0.4 is 5.32 Å². The zero-order valence-corrected chi connectivity index (χ0v) is 10.7. The van der Waals surface area contributed by atoms with Crippen LogP contribution in [0.25, 0.3) is 11.2 Å². The van der Waals surface area contributed by atoms with Gasteiger partial charge in [-0.15, -0.1) is 0 Å². The van der Waals surface area contributed by atoms with Crippen molar-refractivity contribution in [2.75, 3.05) is 5.32 Å². The Morgan fingerprint density at radius 3 is 2.80 bits per heavy atom. The molecule has 0 aromatic carbocycles. The number of anilines is 1. The lowest BCUT2D eigenvalue weighted by molar-refractivity contribution is 0.983. The molecule has 0 unspecified atom stereocenters. The summed E-state index contributed by atoms with van der Waals surface area (Å²) in [5.74, 6) is 2.33. The fourth-order valence-corrected chi connectivity index (χ4v) is 2.13. The third kappa shape index (κ3) is 2.07. The molecule has 0 spiro atoms. The van der Waals surface area contributed by atoms with Gasteiger partial charge in [0.15, 0.2) is 17.0 Å². The standard InChI is InChI=1S/C13H13N7/c1-2-9(1)11-19-10-12(17-7-18-13(10)20-11)16-5-8-3-14-6-15-4-8/h3-4,6-7,9H,1-2,5H2,(H2,16,17,18,19,20). The maximum atomic E-state index is 4.61. The van der Waals surface area contributed by atoms with E-state index in [1.54, 1.807) is 18.7 Å². The Balaban J connectivity index is 1.62. The normalized spacial score (nSPS) is 14.6. The summed E-state index contributed by atoms with van der Waals surface area (Å²) in [6.45, 7) is 0.610. The first kappa shape index (κ1) is 11.3. The molecular formula is C13H13N7. The molecule has 1 aliphatic carbocycles. The fraction of sp³-hybridized carbons (Fsp3) is 0.308. The number of hydrogen-bond donors (Lipinski definition) is 2. The van der Waals surface area contributed by atoms with Crippen molar-refractivity contribution >= 4 is 17.0 Å². The van der Waals surface area contributed by atoms with Crippen LogP contribution in [-0.4, -0.2) is 29.9 Å². The smallest absolute Gasteiger partial charge is 0.163 e. The fourth-order valence-electron chi connectivity index (χ4n) is 2.13. The largest absolute Gasteiger partial charge is 0.364 e. The molecule has 7 nitrogen and oxygen atoms in total. The summed E-state index contributed by atoms with van der Waals surface area (Å²) < 4.78 is 0. The minimum Gasteiger partial charge on any atom is -0.364 e. The van der Waals surface area contributed by atoms with Gasteiger partial charge in [0.05, 0.1) is 0 Å². The second-order valence-corrected chi connectivity index (χ2v) is 4.92. The molecule has 2 N–H and O–H groups in total. The monoisotopic (exact) mass is 267 g/mol. The molecule has 100 valence electrons. The maximum absolute atomic E-state index is 4.61. The van der Waals surface area contributed by atoms with Gasteiger partial charge in [0.2, 0.25) is 0 Å². The summed E-state index contributed by atoms with van der Waals surface area (Å²) in [7, 11) is 0. The van der Waals surface area contributed by atoms with Gasteiger partial charge in [-0.3, -0.25) is 0 Å². The average Bonchev–Trinajstić information content (AvgIpc) is 3.25. The molecular weight excluding hydrogens is 254 g/mol. The van der Waals surface area contributed by atoms with Crippen molar-refractivity contribution < 1.29 is 0 Å². The molecule has 0 bridgehead atoms. The van der Waals surface area contributed by atoms with Gasteiger partial charge in [0, 0.05) is 30.4 Å². The quantitative estimate of drug-likeness (QED) is 0.746. The Bertz CT molecular complexity index is 733. The van der Waals surface area contributed by atoms with E-state index in [0.29, 0.717) is 12.5 Å². The van der Waals surface area contributed by atoms with Crippen molar-refractivity contribution in [3.8, 4) is 0 Å². The molecule has 20 heavy (non-hydrogen) atoms. The second kappa shape index (κ2) is 4.52. The van der Waals surface area contributed by atoms with E-state index in [9.17, 15) is 0 Å². The molecule has 0 atom stereocenters. The number of fused-ring (bicyclic) bond motifs is 1. The van der Waals surface area contributed by atoms with E-state index in [0.717, 1.165) is 28.4 Å². The Hall–Kier alpha value is -2.57. The molecule has 4 rings (SSSR count). The maximum Gasteiger partial charge on any atom is 0.163 e. The third-order valence-electron chi connectivity index (χ3n) is 3.34. The van der Waals surface area contributed by atoms with Gasteiger partial charge >= 0.3 is 0 Å². The molecule has 1 fully saturated rings. The topological polar surface area (TPSA) is 92.3 Å². The number of aromatic amines is 1. The summed E-state index contributed by atoms with van der Waals surface area (Å²) in [5, 5.41) is 3.26. The molecule has 7 heteroatoms. The molecule has 3 aromatic rings. The number of hydrogen-bond acceptors (Lipinski definition) is 6. The summed E-state index contributed by atoms with van der Waals surface area (Å²) in [4.78, 5) is 24.4. The van der Waals surface area contributed by atoms with Crippen molar-refractivity contribution in [2.45, 2.75) is 25.3 Å². The zero-order valence-electron chi connectivity index (χ0n) is 10.7. The van der Waals surface area contributed by atoms with Crippen LogP contribution >= 0.6 is 0 Å². The summed E-state index contributed by atoms with van der Waals surface area (Å²) >= 11 is 0. The Morgan fingerprint density at radius 1 is 1.15 bits per heavy atom. The minimum atomic E-state index is 0.569. The zero-order chi connectivity index (χ0) is 13.4. The van der Waals surface area contributed by atoms with Crippen molar-refractivity contribution in [2.24, 2.45) is 0 Å². The van der Waals surface area contributed by atoms with Crippen LogP contribution in [0.5, 0.6) is 0 Å². The van der Waals surface area contributed by atoms with Gasteiger partial charge < -0.3 is 10.3 Å². The van der Waals surface area contributed by atoms with Crippen molar-refractivity contribution in [3.63, 3.8) is 0 Å². The van der Waals surface area contributed by atoms with Crippen LogP contribution in [0.4, 0.5) is 5.82 Å². The highest BCUT2D eigenvalue weighted by Gasteiger charge is 2.27. The van der Waals surface area contributed by atoms with Gasteiger partial charge in [-0.05, 0) is 12.8 Å². The summed E-state index contributed by atoms with van der Waals surface area (Å²) in [6, 6.07) is 0. The lowest BCUT2D eigenvalue weighted by Gasteiger charge is -2.04. The van der Waals surface area contributed by atoms with Crippen LogP contribution in [-0.2, 0) is 6.54 Å². The third-order valence-corrected chi connectivity index (χ3v) is 3.34. The second-order valence-electron chi connectivity index (χ2n) is 4.92. The first-order valence-corrected chi connectivity index (χ1v) is 6.58. The summed E-state index contributed by atoms with van der Waals surface area (Å²) in [6.07, 6.45) is 9.02. The molecule has 1 aliphatic rings. The summed E-state index contributed by atoms with van der Waals surface area (Å²) in [5.41, 5.74) is 2.58. The molecule has 0 radical (unpaired) electrons. The first-order valence-electron chi connectivity index (χ1n) is 6.58. The van der Waals surface area contributed by atoms with E-state index in [-0.39, 0.29) is 0 Å². The van der Waals surface area contributed by atoms with Crippen molar-refractivity contribution in [1.82, 2.24) is 29.9 Å². The van der Waals surface area contributed by atoms with Crippen LogP contribution in [0.3, 0.4) is 0 Å². The molecule has 3 heterocycles. The van der Waals surface area contributed by atoms with Gasteiger partial charge in [-0.2, -0.15) is 0 Å². The molecule has 0 saturated heterocycles. The van der Waals surface area contributed by atoms with Crippen LogP contribution in [0.2, 0.25) is 0 Å². The molecule has 3 aromatic heterocycles. The van der Waals surface area contributed by atoms with Crippen molar-refractivity contribution in [1.29, 1.82) is 0 Å². The predicted octanol–water partition coefficient (Wildman–Crippen LogP) is 1.63. The number of aromatic nitrogens is 6. The number of nitrogens with zero attached hydrogens (tertiary/aromatic N) is 5. The van der Waals surface area contributed by atoms with E-state index in [1.165, 1.54) is 19.2 Å². The number of imidazole rings is 1. The Kier molecular flexibility index (Phi) is 2.55. The van der Waals surface area contributed by atoms with Gasteiger partial charge in [0.25, 0.3) is 0 Å². The molecule has 0 aliphatic heterocycles. The van der Waals surface area contributed by atoms with E-state index in [2.05, 4.69) is 35.2 Å². The highest BCUT2D eigenvalue weighted by atomic mass is 15.1. The van der Waals surface area contributed by atoms with Gasteiger partial charge in [0.1, 0.15) is 18.5 Å². The van der Waals surface area contributed by atoms with E-state index in [4.69, 9.17) is 0 Å². The number of rotatable bonds is 4. The van der Waals surface area contributed by atoms with Crippen LogP contribution in [0.15, 0.2) is 25.0 Å². The van der Waals surface area contributed by atoms with Crippen LogP contribution in [0, 0.1) is 0 Å². The minimum absolute atomic E-state index is 0.569. The van der Waals surface area contributed by atoms with Crippen LogP contribution in [0.1, 0.15) is 30.1 Å². The lowest BCUT2D eigenvalue weighted by atomic mass is 10.3. The van der Waals surface area contributed by atoms with Crippen molar-refractivity contribution in [3.05, 3.63) is 36.4 Å². The predicted molar refractivity (Wildman–Crippen MR) is 73.0 cm³/mol. The number of H-pyrrole nitrogens is 1. The first-order chi connectivity index (χ1) is 9.90.